The highest BCUT2D eigenvalue weighted by Crippen LogP contribution is 2.25. The number of sulfonamides is 1. The molecule has 0 aromatic heterocycles. The Morgan fingerprint density at radius 3 is 2.42 bits per heavy atom. The van der Waals surface area contributed by atoms with Gasteiger partial charge in [-0.2, -0.15) is 0 Å². The van der Waals surface area contributed by atoms with Gasteiger partial charge in [0.2, 0.25) is 0 Å². The third-order valence-electron chi connectivity index (χ3n) is 3.53. The van der Waals surface area contributed by atoms with E-state index in [4.69, 9.17) is 11.6 Å². The third kappa shape index (κ3) is 4.27. The van der Waals surface area contributed by atoms with Crippen LogP contribution in [0.4, 0.5) is 5.69 Å². The second kappa shape index (κ2) is 7.68. The molecule has 24 heavy (non-hydrogen) atoms. The van der Waals surface area contributed by atoms with E-state index in [2.05, 4.69) is 10.0 Å². The first-order valence-electron chi connectivity index (χ1n) is 7.52. The minimum Gasteiger partial charge on any atom is -0.350 e. The summed E-state index contributed by atoms with van der Waals surface area (Å²) in [6, 6.07) is 12.6. The fraction of sp³-hybridized carbons (Fsp3) is 0.235. The minimum atomic E-state index is -3.90. The van der Waals surface area contributed by atoms with Crippen molar-refractivity contribution >= 4 is 33.2 Å². The van der Waals surface area contributed by atoms with Crippen LogP contribution in [0.25, 0.3) is 0 Å². The number of carbonyl (C=O) groups is 1. The molecule has 0 aliphatic rings. The maximum Gasteiger partial charge on any atom is 0.263 e. The van der Waals surface area contributed by atoms with Crippen LogP contribution in [0.3, 0.4) is 0 Å². The molecule has 0 aliphatic heterocycles. The average molecular weight is 367 g/mol. The van der Waals surface area contributed by atoms with Crippen molar-refractivity contribution in [3.05, 3.63) is 59.1 Å². The van der Waals surface area contributed by atoms with Crippen molar-refractivity contribution in [3.8, 4) is 0 Å². The van der Waals surface area contributed by atoms with Crippen molar-refractivity contribution in [3.63, 3.8) is 0 Å². The Morgan fingerprint density at radius 2 is 1.75 bits per heavy atom. The van der Waals surface area contributed by atoms with Gasteiger partial charge in [0.05, 0.1) is 16.3 Å². The predicted octanol–water partition coefficient (Wildman–Crippen LogP) is 3.67. The van der Waals surface area contributed by atoms with Gasteiger partial charge < -0.3 is 5.32 Å². The Hall–Kier alpha value is -2.05. The summed E-state index contributed by atoms with van der Waals surface area (Å²) in [4.78, 5) is 12.3. The zero-order chi connectivity index (χ0) is 17.7. The lowest BCUT2D eigenvalue weighted by Crippen LogP contribution is -2.32. The summed E-state index contributed by atoms with van der Waals surface area (Å²) < 4.78 is 27.5. The summed E-state index contributed by atoms with van der Waals surface area (Å²) >= 11 is 5.97. The highest BCUT2D eigenvalue weighted by molar-refractivity contribution is 7.92. The molecule has 0 heterocycles. The van der Waals surface area contributed by atoms with Crippen LogP contribution < -0.4 is 10.0 Å². The molecule has 0 bridgehead atoms. The SMILES string of the molecule is CCC(C)NC(=O)c1ccccc1NS(=O)(=O)c1ccccc1Cl. The van der Waals surface area contributed by atoms with Crippen LogP contribution in [-0.2, 0) is 10.0 Å². The molecule has 0 saturated carbocycles. The Bertz CT molecular complexity index is 837. The highest BCUT2D eigenvalue weighted by atomic mass is 35.5. The van der Waals surface area contributed by atoms with Crippen molar-refractivity contribution in [2.24, 2.45) is 0 Å². The topological polar surface area (TPSA) is 75.3 Å². The van der Waals surface area contributed by atoms with E-state index in [9.17, 15) is 13.2 Å². The molecule has 0 spiro atoms. The molecule has 128 valence electrons. The molecule has 5 nitrogen and oxygen atoms in total. The van der Waals surface area contributed by atoms with E-state index in [1.54, 1.807) is 36.4 Å². The Balaban J connectivity index is 2.34. The molecular formula is C17H19ClN2O3S. The Kier molecular flexibility index (Phi) is 5.85. The molecule has 0 fully saturated rings. The van der Waals surface area contributed by atoms with Crippen LogP contribution in [0, 0.1) is 0 Å². The lowest BCUT2D eigenvalue weighted by molar-refractivity contribution is 0.0940. The van der Waals surface area contributed by atoms with E-state index in [-0.39, 0.29) is 33.1 Å². The van der Waals surface area contributed by atoms with Crippen molar-refractivity contribution in [2.75, 3.05) is 4.72 Å². The second-order valence-corrected chi connectivity index (χ2v) is 7.42. The number of hydrogen-bond donors (Lipinski definition) is 2. The second-order valence-electron chi connectivity index (χ2n) is 5.36. The minimum absolute atomic E-state index is 0.00858. The van der Waals surface area contributed by atoms with E-state index >= 15 is 0 Å². The van der Waals surface area contributed by atoms with Gasteiger partial charge in [0.15, 0.2) is 0 Å². The Labute approximate surface area is 147 Å². The lowest BCUT2D eigenvalue weighted by atomic mass is 10.1. The number of nitrogens with one attached hydrogen (secondary N) is 2. The van der Waals surface area contributed by atoms with E-state index in [0.717, 1.165) is 6.42 Å². The molecule has 2 rings (SSSR count). The van der Waals surface area contributed by atoms with Gasteiger partial charge in [-0.15, -0.1) is 0 Å². The first kappa shape index (κ1) is 18.3. The first-order valence-corrected chi connectivity index (χ1v) is 9.38. The molecule has 0 radical (unpaired) electrons. The van der Waals surface area contributed by atoms with E-state index in [0.29, 0.717) is 0 Å². The van der Waals surface area contributed by atoms with Crippen molar-refractivity contribution in [1.29, 1.82) is 0 Å². The van der Waals surface area contributed by atoms with Gasteiger partial charge in [-0.1, -0.05) is 42.8 Å². The van der Waals surface area contributed by atoms with Crippen LogP contribution in [0.1, 0.15) is 30.6 Å². The molecule has 1 amide bonds. The number of hydrogen-bond acceptors (Lipinski definition) is 3. The number of rotatable bonds is 6. The lowest BCUT2D eigenvalue weighted by Gasteiger charge is -2.15. The normalized spacial score (nSPS) is 12.5. The Morgan fingerprint density at radius 1 is 1.12 bits per heavy atom. The number of halogens is 1. The van der Waals surface area contributed by atoms with Crippen molar-refractivity contribution in [1.82, 2.24) is 5.32 Å². The largest absolute Gasteiger partial charge is 0.350 e. The highest BCUT2D eigenvalue weighted by Gasteiger charge is 2.21. The summed E-state index contributed by atoms with van der Waals surface area (Å²) in [6.07, 6.45) is 0.777. The smallest absolute Gasteiger partial charge is 0.263 e. The molecule has 1 atom stereocenters. The standard InChI is InChI=1S/C17H19ClN2O3S/c1-3-12(2)19-17(21)13-8-4-6-10-15(13)20-24(22,23)16-11-7-5-9-14(16)18/h4-12,20H,3H2,1-2H3,(H,19,21). The van der Waals surface area contributed by atoms with Gasteiger partial charge in [0, 0.05) is 6.04 Å². The maximum atomic E-state index is 12.5. The van der Waals surface area contributed by atoms with Gasteiger partial charge in [-0.05, 0) is 37.6 Å². The number of para-hydroxylation sites is 1. The molecule has 0 saturated heterocycles. The van der Waals surface area contributed by atoms with Crippen molar-refractivity contribution < 1.29 is 13.2 Å². The molecule has 1 unspecified atom stereocenters. The zero-order valence-corrected chi connectivity index (χ0v) is 15.0. The van der Waals surface area contributed by atoms with E-state index in [1.165, 1.54) is 12.1 Å². The fourth-order valence-corrected chi connectivity index (χ4v) is 3.64. The van der Waals surface area contributed by atoms with Gasteiger partial charge in [-0.3, -0.25) is 9.52 Å². The maximum absolute atomic E-state index is 12.5. The number of benzene rings is 2. The van der Waals surface area contributed by atoms with Crippen LogP contribution in [0.5, 0.6) is 0 Å². The van der Waals surface area contributed by atoms with Gasteiger partial charge >= 0.3 is 0 Å². The fourth-order valence-electron chi connectivity index (χ4n) is 2.04. The number of amides is 1. The average Bonchev–Trinajstić information content (AvgIpc) is 2.55. The number of carbonyl (C=O) groups excluding carboxylic acids is 1. The molecule has 2 aromatic carbocycles. The van der Waals surface area contributed by atoms with Crippen LogP contribution in [0.15, 0.2) is 53.4 Å². The third-order valence-corrected chi connectivity index (χ3v) is 5.40. The molecule has 2 N–H and O–H groups in total. The summed E-state index contributed by atoms with van der Waals surface area (Å²) in [5.74, 6) is -0.332. The van der Waals surface area contributed by atoms with Gasteiger partial charge in [-0.25, -0.2) is 8.42 Å². The van der Waals surface area contributed by atoms with Gasteiger partial charge in [0.25, 0.3) is 15.9 Å². The van der Waals surface area contributed by atoms with Crippen LogP contribution in [0.2, 0.25) is 5.02 Å². The molecule has 7 heteroatoms. The monoisotopic (exact) mass is 366 g/mol. The zero-order valence-electron chi connectivity index (χ0n) is 13.4. The number of anilines is 1. The summed E-state index contributed by atoms with van der Waals surface area (Å²) in [5, 5.41) is 2.94. The van der Waals surface area contributed by atoms with E-state index < -0.39 is 10.0 Å². The molecule has 0 aliphatic carbocycles. The first-order chi connectivity index (χ1) is 11.3. The quantitative estimate of drug-likeness (QED) is 0.819. The van der Waals surface area contributed by atoms with Crippen LogP contribution >= 0.6 is 11.6 Å². The van der Waals surface area contributed by atoms with E-state index in [1.807, 2.05) is 13.8 Å². The van der Waals surface area contributed by atoms with Crippen LogP contribution in [-0.4, -0.2) is 20.4 Å². The molecular weight excluding hydrogens is 348 g/mol. The summed E-state index contributed by atoms with van der Waals surface area (Å²) in [6.45, 7) is 3.84. The van der Waals surface area contributed by atoms with Crippen molar-refractivity contribution in [2.45, 2.75) is 31.2 Å². The summed E-state index contributed by atoms with van der Waals surface area (Å²) in [5.41, 5.74) is 0.464. The predicted molar refractivity (Wildman–Crippen MR) is 95.9 cm³/mol. The molecule has 2 aromatic rings. The summed E-state index contributed by atoms with van der Waals surface area (Å²) in [7, 11) is -3.90. The van der Waals surface area contributed by atoms with Gasteiger partial charge in [0.1, 0.15) is 4.90 Å².